The molecule has 0 aliphatic heterocycles. The lowest BCUT2D eigenvalue weighted by atomic mass is 10.1. The molecule has 2 aromatic heterocycles. The van der Waals surface area contributed by atoms with Gasteiger partial charge in [0.05, 0.1) is 18.4 Å². The zero-order valence-electron chi connectivity index (χ0n) is 17.8. The van der Waals surface area contributed by atoms with E-state index in [1.165, 1.54) is 42.3 Å². The summed E-state index contributed by atoms with van der Waals surface area (Å²) < 4.78 is 19.9. The first kappa shape index (κ1) is 22.5. The van der Waals surface area contributed by atoms with Crippen LogP contribution in [0.3, 0.4) is 0 Å². The van der Waals surface area contributed by atoms with E-state index < -0.39 is 5.97 Å². The highest BCUT2D eigenvalue weighted by Crippen LogP contribution is 2.38. The summed E-state index contributed by atoms with van der Waals surface area (Å²) in [5, 5.41) is 12.3. The van der Waals surface area contributed by atoms with E-state index in [0.29, 0.717) is 21.5 Å². The zero-order chi connectivity index (χ0) is 22.7. The molecule has 0 radical (unpaired) electrons. The molecule has 7 nitrogen and oxygen atoms in total. The van der Waals surface area contributed by atoms with E-state index in [4.69, 9.17) is 4.74 Å². The molecular weight excluding hydrogens is 451 g/mol. The van der Waals surface area contributed by atoms with Crippen LogP contribution in [0.1, 0.15) is 40.1 Å². The maximum absolute atomic E-state index is 13.2. The summed E-state index contributed by atoms with van der Waals surface area (Å²) >= 11 is 2.71. The Morgan fingerprint density at radius 1 is 1.19 bits per heavy atom. The highest BCUT2D eigenvalue weighted by atomic mass is 32.2. The molecule has 0 saturated carbocycles. The second-order valence-electron chi connectivity index (χ2n) is 7.47. The van der Waals surface area contributed by atoms with Crippen LogP contribution in [0.2, 0.25) is 0 Å². The van der Waals surface area contributed by atoms with Gasteiger partial charge in [-0.3, -0.25) is 4.79 Å². The number of aryl methyl sites for hydroxylation is 1. The van der Waals surface area contributed by atoms with Gasteiger partial charge < -0.3 is 14.6 Å². The predicted octanol–water partition coefficient (Wildman–Crippen LogP) is 4.47. The minimum absolute atomic E-state index is 0.110. The number of nitrogens with zero attached hydrogens (tertiary/aromatic N) is 3. The molecule has 1 aromatic carbocycles. The number of thioether (sulfide) groups is 1. The quantitative estimate of drug-likeness (QED) is 0.322. The molecule has 0 unspecified atom stereocenters. The van der Waals surface area contributed by atoms with Gasteiger partial charge in [0.2, 0.25) is 5.91 Å². The first-order valence-electron chi connectivity index (χ1n) is 10.3. The monoisotopic (exact) mass is 474 g/mol. The van der Waals surface area contributed by atoms with Crippen LogP contribution < -0.4 is 5.32 Å². The highest BCUT2D eigenvalue weighted by molar-refractivity contribution is 7.99. The lowest BCUT2D eigenvalue weighted by molar-refractivity contribution is -0.113. The molecule has 2 heterocycles. The first-order valence-corrected chi connectivity index (χ1v) is 12.1. The summed E-state index contributed by atoms with van der Waals surface area (Å²) in [4.78, 5) is 26.3. The van der Waals surface area contributed by atoms with Crippen LogP contribution in [-0.4, -0.2) is 39.5 Å². The van der Waals surface area contributed by atoms with Crippen LogP contribution in [0.15, 0.2) is 29.4 Å². The number of nitrogens with one attached hydrogen (secondary N) is 1. The number of hydrogen-bond acceptors (Lipinski definition) is 7. The summed E-state index contributed by atoms with van der Waals surface area (Å²) in [7, 11) is 3.15. The third-order valence-corrected chi connectivity index (χ3v) is 7.56. The lowest BCUT2D eigenvalue weighted by Gasteiger charge is -2.07. The Hall–Kier alpha value is -2.72. The summed E-state index contributed by atoms with van der Waals surface area (Å²) in [6.45, 7) is 0. The summed E-state index contributed by atoms with van der Waals surface area (Å²) in [5.41, 5.74) is 2.24. The molecule has 10 heteroatoms. The fourth-order valence-electron chi connectivity index (χ4n) is 3.73. The predicted molar refractivity (Wildman–Crippen MR) is 123 cm³/mol. The third kappa shape index (κ3) is 4.71. The molecule has 32 heavy (non-hydrogen) atoms. The molecule has 4 rings (SSSR count). The van der Waals surface area contributed by atoms with Crippen molar-refractivity contribution in [3.63, 3.8) is 0 Å². The van der Waals surface area contributed by atoms with E-state index >= 15 is 0 Å². The van der Waals surface area contributed by atoms with Crippen molar-refractivity contribution < 1.29 is 18.7 Å². The smallest absolute Gasteiger partial charge is 0.341 e. The van der Waals surface area contributed by atoms with Crippen LogP contribution in [0, 0.1) is 5.82 Å². The topological polar surface area (TPSA) is 86.1 Å². The molecule has 3 aromatic rings. The number of carbonyl (C=O) groups excluding carboxylic acids is 2. The number of rotatable bonds is 6. The molecule has 1 aliphatic rings. The van der Waals surface area contributed by atoms with Crippen molar-refractivity contribution in [3.05, 3.63) is 46.1 Å². The third-order valence-electron chi connectivity index (χ3n) is 5.33. The molecular formula is C22H23FN4O3S2. The lowest BCUT2D eigenvalue weighted by Crippen LogP contribution is -2.16. The summed E-state index contributed by atoms with van der Waals surface area (Å²) in [6.07, 6.45) is 4.99. The Balaban J connectivity index is 1.46. The maximum Gasteiger partial charge on any atom is 0.341 e. The Morgan fingerprint density at radius 3 is 2.69 bits per heavy atom. The van der Waals surface area contributed by atoms with Crippen molar-refractivity contribution in [3.8, 4) is 11.4 Å². The standard InChI is InChI=1S/C22H23FN4O3S2/c1-27-19(13-8-10-14(23)11-9-13)25-26-22(27)31-12-17(28)24-20-18(21(29)30-2)15-6-4-3-5-7-16(15)32-20/h8-11H,3-7,12H2,1-2H3,(H,24,28). The minimum atomic E-state index is -0.412. The molecule has 0 spiro atoms. The Kier molecular flexibility index (Phi) is 6.90. The Labute approximate surface area is 193 Å². The van der Waals surface area contributed by atoms with Crippen molar-refractivity contribution >= 4 is 40.0 Å². The summed E-state index contributed by atoms with van der Waals surface area (Å²) in [6, 6.07) is 6.00. The molecule has 0 atom stereocenters. The van der Waals surface area contributed by atoms with Gasteiger partial charge in [-0.15, -0.1) is 21.5 Å². The van der Waals surface area contributed by atoms with Crippen LogP contribution in [0.25, 0.3) is 11.4 Å². The number of benzene rings is 1. The van der Waals surface area contributed by atoms with Crippen molar-refractivity contribution in [2.24, 2.45) is 7.05 Å². The molecule has 0 fully saturated rings. The Bertz CT molecular complexity index is 1140. The van der Waals surface area contributed by atoms with Crippen LogP contribution in [0.5, 0.6) is 0 Å². The second kappa shape index (κ2) is 9.83. The fraction of sp³-hybridized carbons (Fsp3) is 0.364. The number of aromatic nitrogens is 3. The van der Waals surface area contributed by atoms with Gasteiger partial charge in [-0.05, 0) is 55.5 Å². The second-order valence-corrected chi connectivity index (χ2v) is 9.52. The van der Waals surface area contributed by atoms with E-state index in [-0.39, 0.29) is 17.5 Å². The van der Waals surface area contributed by atoms with Gasteiger partial charge in [0.25, 0.3) is 0 Å². The molecule has 0 bridgehead atoms. The first-order chi connectivity index (χ1) is 15.5. The number of thiophene rings is 1. The fourth-order valence-corrected chi connectivity index (χ4v) is 5.74. The van der Waals surface area contributed by atoms with E-state index in [9.17, 15) is 14.0 Å². The van der Waals surface area contributed by atoms with Gasteiger partial charge in [-0.2, -0.15) is 0 Å². The number of amides is 1. The van der Waals surface area contributed by atoms with Gasteiger partial charge in [-0.25, -0.2) is 9.18 Å². The van der Waals surface area contributed by atoms with Crippen molar-refractivity contribution in [1.82, 2.24) is 14.8 Å². The molecule has 0 saturated heterocycles. The number of fused-ring (bicyclic) bond motifs is 1. The average molecular weight is 475 g/mol. The van der Waals surface area contributed by atoms with E-state index in [0.717, 1.165) is 48.1 Å². The van der Waals surface area contributed by atoms with Crippen molar-refractivity contribution in [2.75, 3.05) is 18.2 Å². The number of esters is 1. The number of halogens is 1. The van der Waals surface area contributed by atoms with E-state index in [1.807, 2.05) is 0 Å². The van der Waals surface area contributed by atoms with Crippen LogP contribution in [0.4, 0.5) is 9.39 Å². The molecule has 1 aliphatic carbocycles. The number of carbonyl (C=O) groups is 2. The van der Waals surface area contributed by atoms with Gasteiger partial charge in [0, 0.05) is 17.5 Å². The number of methoxy groups -OCH3 is 1. The molecule has 1 amide bonds. The van der Waals surface area contributed by atoms with E-state index in [1.54, 1.807) is 23.7 Å². The highest BCUT2D eigenvalue weighted by Gasteiger charge is 2.26. The molecule has 1 N–H and O–H groups in total. The van der Waals surface area contributed by atoms with Gasteiger partial charge in [0.1, 0.15) is 10.8 Å². The largest absolute Gasteiger partial charge is 0.465 e. The van der Waals surface area contributed by atoms with Crippen molar-refractivity contribution in [1.29, 1.82) is 0 Å². The molecule has 168 valence electrons. The number of anilines is 1. The summed E-state index contributed by atoms with van der Waals surface area (Å²) in [5.74, 6) is -0.270. The normalized spacial score (nSPS) is 13.3. The van der Waals surface area contributed by atoms with Crippen LogP contribution in [-0.2, 0) is 29.4 Å². The number of hydrogen-bond donors (Lipinski definition) is 1. The number of ether oxygens (including phenoxy) is 1. The van der Waals surface area contributed by atoms with E-state index in [2.05, 4.69) is 15.5 Å². The van der Waals surface area contributed by atoms with Crippen molar-refractivity contribution in [2.45, 2.75) is 37.3 Å². The SMILES string of the molecule is COC(=O)c1c(NC(=O)CSc2nnc(-c3ccc(F)cc3)n2C)sc2c1CCCCC2. The minimum Gasteiger partial charge on any atom is -0.465 e. The van der Waals surface area contributed by atoms with Crippen LogP contribution >= 0.6 is 23.1 Å². The Morgan fingerprint density at radius 2 is 1.94 bits per heavy atom. The average Bonchev–Trinajstić information content (AvgIpc) is 3.23. The van der Waals surface area contributed by atoms with Gasteiger partial charge in [-0.1, -0.05) is 18.2 Å². The van der Waals surface area contributed by atoms with Gasteiger partial charge in [0.15, 0.2) is 11.0 Å². The maximum atomic E-state index is 13.2. The zero-order valence-corrected chi connectivity index (χ0v) is 19.4. The van der Waals surface area contributed by atoms with Gasteiger partial charge >= 0.3 is 5.97 Å².